The first-order valence-corrected chi connectivity index (χ1v) is 9.28. The number of halogens is 2. The molecule has 2 heterocycles. The van der Waals surface area contributed by atoms with Crippen LogP contribution in [0.4, 0.5) is 8.78 Å². The molecule has 0 radical (unpaired) electrons. The fourth-order valence-corrected chi connectivity index (χ4v) is 5.23. The molecule has 0 fully saturated rings. The third-order valence-electron chi connectivity index (χ3n) is 3.79. The molecule has 2 aromatic rings. The molecule has 1 unspecified atom stereocenters. The van der Waals surface area contributed by atoms with Gasteiger partial charge in [-0.2, -0.15) is 4.31 Å². The molecule has 9 heteroatoms. The Morgan fingerprint density at radius 2 is 1.96 bits per heavy atom. The van der Waals surface area contributed by atoms with E-state index < -0.39 is 38.6 Å². The third kappa shape index (κ3) is 2.83. The predicted octanol–water partition coefficient (Wildman–Crippen LogP) is 2.49. The number of thiophene rings is 1. The van der Waals surface area contributed by atoms with Crippen LogP contribution in [-0.4, -0.2) is 32.3 Å². The second kappa shape index (κ2) is 6.23. The standard InChI is InChI=1S/C15H13F2NO4S2/c1-22-15(19)14-12-3-5-23-13(12)2-4-18(14)24(20,21)11-7-9(16)6-10(17)8-11/h3,5-8,14H,2,4H2,1H3. The Morgan fingerprint density at radius 3 is 2.58 bits per heavy atom. The van der Waals surface area contributed by atoms with E-state index in [0.717, 1.165) is 28.4 Å². The van der Waals surface area contributed by atoms with E-state index in [4.69, 9.17) is 4.74 Å². The zero-order valence-electron chi connectivity index (χ0n) is 12.5. The largest absolute Gasteiger partial charge is 0.468 e. The van der Waals surface area contributed by atoms with Crippen molar-refractivity contribution in [3.8, 4) is 0 Å². The maximum absolute atomic E-state index is 13.4. The van der Waals surface area contributed by atoms with Crippen LogP contribution in [0.1, 0.15) is 16.5 Å². The van der Waals surface area contributed by atoms with Crippen molar-refractivity contribution < 1.29 is 26.7 Å². The van der Waals surface area contributed by atoms with Crippen molar-refractivity contribution in [3.63, 3.8) is 0 Å². The molecular weight excluding hydrogens is 360 g/mol. The van der Waals surface area contributed by atoms with E-state index >= 15 is 0 Å². The number of sulfonamides is 1. The lowest BCUT2D eigenvalue weighted by Crippen LogP contribution is -2.43. The van der Waals surface area contributed by atoms with Gasteiger partial charge in [-0.15, -0.1) is 11.3 Å². The number of ether oxygens (including phenoxy) is 1. The Hall–Kier alpha value is -1.84. The highest BCUT2D eigenvalue weighted by atomic mass is 32.2. The summed E-state index contributed by atoms with van der Waals surface area (Å²) in [5.41, 5.74) is 0.540. The average Bonchev–Trinajstić information content (AvgIpc) is 3.00. The molecule has 1 aliphatic rings. The minimum Gasteiger partial charge on any atom is -0.468 e. The van der Waals surface area contributed by atoms with Gasteiger partial charge in [0.2, 0.25) is 10.0 Å². The van der Waals surface area contributed by atoms with Gasteiger partial charge in [-0.3, -0.25) is 0 Å². The monoisotopic (exact) mass is 373 g/mol. The molecule has 24 heavy (non-hydrogen) atoms. The summed E-state index contributed by atoms with van der Waals surface area (Å²) in [5.74, 6) is -2.75. The van der Waals surface area contributed by atoms with Crippen molar-refractivity contribution in [2.45, 2.75) is 17.4 Å². The molecule has 0 saturated heterocycles. The zero-order valence-corrected chi connectivity index (χ0v) is 14.2. The van der Waals surface area contributed by atoms with E-state index in [9.17, 15) is 22.0 Å². The lowest BCUT2D eigenvalue weighted by Gasteiger charge is -2.32. The highest BCUT2D eigenvalue weighted by Gasteiger charge is 2.42. The number of nitrogens with zero attached hydrogens (tertiary/aromatic N) is 1. The number of rotatable bonds is 3. The minimum atomic E-state index is -4.27. The van der Waals surface area contributed by atoms with Crippen LogP contribution in [0.25, 0.3) is 0 Å². The SMILES string of the molecule is COC(=O)C1c2ccsc2CCN1S(=O)(=O)c1cc(F)cc(F)c1. The second-order valence-corrected chi connectivity index (χ2v) is 8.09. The maximum Gasteiger partial charge on any atom is 0.328 e. The van der Waals surface area contributed by atoms with Crippen LogP contribution in [0.2, 0.25) is 0 Å². The molecule has 0 N–H and O–H groups in total. The lowest BCUT2D eigenvalue weighted by atomic mass is 10.0. The average molecular weight is 373 g/mol. The molecule has 0 aliphatic carbocycles. The van der Waals surface area contributed by atoms with E-state index in [1.807, 2.05) is 0 Å². The number of hydrogen-bond donors (Lipinski definition) is 0. The summed E-state index contributed by atoms with van der Waals surface area (Å²) in [7, 11) is -3.11. The smallest absolute Gasteiger partial charge is 0.328 e. The van der Waals surface area contributed by atoms with Crippen molar-refractivity contribution in [2.75, 3.05) is 13.7 Å². The molecule has 1 aliphatic heterocycles. The van der Waals surface area contributed by atoms with Crippen LogP contribution < -0.4 is 0 Å². The molecule has 128 valence electrons. The zero-order chi connectivity index (χ0) is 17.5. The van der Waals surface area contributed by atoms with Crippen LogP contribution in [0.3, 0.4) is 0 Å². The molecule has 5 nitrogen and oxygen atoms in total. The summed E-state index contributed by atoms with van der Waals surface area (Å²) in [6, 6.07) is 2.55. The normalized spacial score (nSPS) is 18.2. The number of fused-ring (bicyclic) bond motifs is 1. The maximum atomic E-state index is 13.4. The Labute approximate surface area is 141 Å². The second-order valence-electron chi connectivity index (χ2n) is 5.20. The number of carbonyl (C=O) groups excluding carboxylic acids is 1. The van der Waals surface area contributed by atoms with E-state index in [-0.39, 0.29) is 6.54 Å². The molecule has 1 aromatic heterocycles. The predicted molar refractivity (Wildman–Crippen MR) is 83.0 cm³/mol. The Bertz CT molecular complexity index is 874. The van der Waals surface area contributed by atoms with Crippen molar-refractivity contribution in [1.29, 1.82) is 0 Å². The number of methoxy groups -OCH3 is 1. The van der Waals surface area contributed by atoms with Gasteiger partial charge in [-0.25, -0.2) is 22.0 Å². The van der Waals surface area contributed by atoms with E-state index in [0.29, 0.717) is 18.1 Å². The van der Waals surface area contributed by atoms with Crippen LogP contribution in [-0.2, 0) is 26.0 Å². The lowest BCUT2D eigenvalue weighted by molar-refractivity contribution is -0.145. The van der Waals surface area contributed by atoms with Crippen molar-refractivity contribution in [2.24, 2.45) is 0 Å². The summed E-state index contributed by atoms with van der Waals surface area (Å²) in [5, 5.41) is 1.76. The highest BCUT2D eigenvalue weighted by molar-refractivity contribution is 7.89. The number of esters is 1. The van der Waals surface area contributed by atoms with Crippen LogP contribution in [0, 0.1) is 11.6 Å². The Balaban J connectivity index is 2.11. The molecule has 0 spiro atoms. The van der Waals surface area contributed by atoms with Gasteiger partial charge >= 0.3 is 5.97 Å². The first-order valence-electron chi connectivity index (χ1n) is 6.96. The molecular formula is C15H13F2NO4S2. The van der Waals surface area contributed by atoms with Gasteiger partial charge in [0.25, 0.3) is 0 Å². The van der Waals surface area contributed by atoms with E-state index in [2.05, 4.69) is 0 Å². The van der Waals surface area contributed by atoms with E-state index in [1.54, 1.807) is 11.4 Å². The number of hydrogen-bond acceptors (Lipinski definition) is 5. The molecule has 0 amide bonds. The van der Waals surface area contributed by atoms with Gasteiger partial charge in [0, 0.05) is 17.5 Å². The molecule has 0 bridgehead atoms. The summed E-state index contributed by atoms with van der Waals surface area (Å²) in [6.45, 7) is 0.0216. The van der Waals surface area contributed by atoms with Gasteiger partial charge in [0.15, 0.2) is 0 Å². The van der Waals surface area contributed by atoms with Crippen LogP contribution in [0.5, 0.6) is 0 Å². The first-order chi connectivity index (χ1) is 11.3. The number of carbonyl (C=O) groups is 1. The Kier molecular flexibility index (Phi) is 4.41. The molecule has 1 atom stereocenters. The molecule has 0 saturated carbocycles. The van der Waals surface area contributed by atoms with Gasteiger partial charge in [0.05, 0.1) is 12.0 Å². The van der Waals surface area contributed by atoms with Crippen molar-refractivity contribution in [1.82, 2.24) is 4.31 Å². The molecule has 1 aromatic carbocycles. The fourth-order valence-electron chi connectivity index (χ4n) is 2.72. The Morgan fingerprint density at radius 1 is 1.29 bits per heavy atom. The number of benzene rings is 1. The van der Waals surface area contributed by atoms with Crippen LogP contribution >= 0.6 is 11.3 Å². The summed E-state index contributed by atoms with van der Waals surface area (Å²) < 4.78 is 58.2. The third-order valence-corrected chi connectivity index (χ3v) is 6.63. The summed E-state index contributed by atoms with van der Waals surface area (Å²) >= 11 is 1.42. The summed E-state index contributed by atoms with van der Waals surface area (Å²) in [6.07, 6.45) is 0.414. The van der Waals surface area contributed by atoms with Crippen molar-refractivity contribution >= 4 is 27.3 Å². The minimum absolute atomic E-state index is 0.0216. The molecule has 3 rings (SSSR count). The topological polar surface area (TPSA) is 63.7 Å². The van der Waals surface area contributed by atoms with E-state index in [1.165, 1.54) is 11.3 Å². The highest BCUT2D eigenvalue weighted by Crippen LogP contribution is 2.37. The van der Waals surface area contributed by atoms with Crippen LogP contribution in [0.15, 0.2) is 34.5 Å². The first kappa shape index (κ1) is 17.0. The van der Waals surface area contributed by atoms with Crippen molar-refractivity contribution in [3.05, 3.63) is 51.7 Å². The quantitative estimate of drug-likeness (QED) is 0.776. The van der Waals surface area contributed by atoms with Gasteiger partial charge in [-0.1, -0.05) is 0 Å². The summed E-state index contributed by atoms with van der Waals surface area (Å²) in [4.78, 5) is 12.5. The van der Waals surface area contributed by atoms with Gasteiger partial charge in [0.1, 0.15) is 17.7 Å². The fraction of sp³-hybridized carbons (Fsp3) is 0.267. The van der Waals surface area contributed by atoms with Gasteiger partial charge < -0.3 is 4.74 Å². The van der Waals surface area contributed by atoms with Gasteiger partial charge in [-0.05, 0) is 35.6 Å².